The van der Waals surface area contributed by atoms with Gasteiger partial charge >= 0.3 is 0 Å². The molecule has 2 unspecified atom stereocenters. The highest BCUT2D eigenvalue weighted by atomic mass is 16.7. The van der Waals surface area contributed by atoms with Crippen molar-refractivity contribution in [3.63, 3.8) is 0 Å². The first-order valence-corrected chi connectivity index (χ1v) is 8.09. The number of para-hydroxylation sites is 1. The molecule has 26 heavy (non-hydrogen) atoms. The fourth-order valence-corrected chi connectivity index (χ4v) is 3.01. The molecular weight excluding hydrogens is 336 g/mol. The molecule has 1 aliphatic heterocycles. The van der Waals surface area contributed by atoms with Gasteiger partial charge in [0.15, 0.2) is 5.78 Å². The average Bonchev–Trinajstić information content (AvgIpc) is 3.08. The van der Waals surface area contributed by atoms with E-state index >= 15 is 0 Å². The highest BCUT2D eigenvalue weighted by Gasteiger charge is 2.52. The Kier molecular flexibility index (Phi) is 4.56. The monoisotopic (exact) mass is 354 g/mol. The van der Waals surface area contributed by atoms with Crippen LogP contribution in [0.4, 0.5) is 5.69 Å². The number of nitro benzene ring substituents is 1. The number of hydrogen-bond donors (Lipinski definition) is 1. The van der Waals surface area contributed by atoms with Crippen LogP contribution >= 0.6 is 0 Å². The van der Waals surface area contributed by atoms with Crippen molar-refractivity contribution in [2.24, 2.45) is 5.16 Å². The van der Waals surface area contributed by atoms with Gasteiger partial charge in [-0.05, 0) is 25.5 Å². The number of carbonyl (C=O) groups is 1. The Labute approximate surface area is 150 Å². The quantitative estimate of drug-likeness (QED) is 0.656. The first-order valence-electron chi connectivity index (χ1n) is 8.09. The highest BCUT2D eigenvalue weighted by molar-refractivity contribution is 6.05. The molecule has 1 N–H and O–H groups in total. The zero-order chi connectivity index (χ0) is 18.9. The van der Waals surface area contributed by atoms with Crippen LogP contribution in [0.2, 0.25) is 0 Å². The number of Topliss-reactive ketones (excluding diaryl/α,β-unsaturated/α-hetero) is 1. The number of benzene rings is 2. The van der Waals surface area contributed by atoms with Crippen molar-refractivity contribution < 1.29 is 19.7 Å². The zero-order valence-corrected chi connectivity index (χ0v) is 14.4. The molecule has 3 rings (SSSR count). The lowest BCUT2D eigenvalue weighted by Gasteiger charge is -2.29. The number of aliphatic hydroxyl groups is 1. The van der Waals surface area contributed by atoms with E-state index < -0.39 is 22.4 Å². The molecule has 0 radical (unpaired) electrons. The molecule has 0 saturated carbocycles. The van der Waals surface area contributed by atoms with Crippen molar-refractivity contribution in [2.45, 2.75) is 32.0 Å². The lowest BCUT2D eigenvalue weighted by molar-refractivity contribution is -0.386. The lowest BCUT2D eigenvalue weighted by atomic mass is 9.82. The average molecular weight is 354 g/mol. The first kappa shape index (κ1) is 17.8. The number of hydrogen-bond acceptors (Lipinski definition) is 6. The molecule has 0 saturated heterocycles. The second kappa shape index (κ2) is 6.68. The predicted octanol–water partition coefficient (Wildman–Crippen LogP) is 3.09. The highest BCUT2D eigenvalue weighted by Crippen LogP contribution is 2.41. The summed E-state index contributed by atoms with van der Waals surface area (Å²) in [5.74, 6) is -0.450. The standard InChI is InChI=1S/C19H18N2O5/c1-12-7-9-14(10-8-12)16-11-19(13(2)22,26-20-16)18(23)15-5-3-4-6-17(15)21(24)25/h3-10,18,23H,11H2,1-2H3. The normalized spacial score (nSPS) is 20.2. The van der Waals surface area contributed by atoms with Crippen LogP contribution < -0.4 is 0 Å². The fourth-order valence-electron chi connectivity index (χ4n) is 3.01. The van der Waals surface area contributed by atoms with Crippen LogP contribution in [0.5, 0.6) is 0 Å². The number of aryl methyl sites for hydroxylation is 1. The van der Waals surface area contributed by atoms with E-state index in [1.165, 1.54) is 25.1 Å². The lowest BCUT2D eigenvalue weighted by Crippen LogP contribution is -2.44. The van der Waals surface area contributed by atoms with Crippen LogP contribution in [-0.4, -0.2) is 27.1 Å². The topological polar surface area (TPSA) is 102 Å². The largest absolute Gasteiger partial charge is 0.383 e. The third-order valence-corrected chi connectivity index (χ3v) is 4.60. The summed E-state index contributed by atoms with van der Waals surface area (Å²) >= 11 is 0. The SMILES string of the molecule is CC(=O)C1(C(O)c2ccccc2[N+](=O)[O-])CC(c2ccc(C)cc2)=NO1. The Bertz CT molecular complexity index is 891. The molecule has 0 spiro atoms. The molecule has 0 amide bonds. The van der Waals surface area contributed by atoms with Crippen LogP contribution in [0.1, 0.15) is 36.1 Å². The molecule has 0 aliphatic carbocycles. The molecular formula is C19H18N2O5. The molecule has 2 aromatic carbocycles. The Morgan fingerprint density at radius 1 is 1.27 bits per heavy atom. The number of oxime groups is 1. The summed E-state index contributed by atoms with van der Waals surface area (Å²) in [5, 5.41) is 26.1. The number of rotatable bonds is 5. The number of nitrogens with zero attached hydrogens (tertiary/aromatic N) is 2. The number of nitro groups is 1. The second-order valence-corrected chi connectivity index (χ2v) is 6.34. The molecule has 2 atom stereocenters. The molecule has 0 fully saturated rings. The smallest absolute Gasteiger partial charge is 0.275 e. The van der Waals surface area contributed by atoms with Crippen molar-refractivity contribution in [2.75, 3.05) is 0 Å². The zero-order valence-electron chi connectivity index (χ0n) is 14.4. The van der Waals surface area contributed by atoms with E-state index in [9.17, 15) is 20.0 Å². The van der Waals surface area contributed by atoms with E-state index in [4.69, 9.17) is 4.84 Å². The summed E-state index contributed by atoms with van der Waals surface area (Å²) in [4.78, 5) is 28.5. The van der Waals surface area contributed by atoms with E-state index in [0.717, 1.165) is 11.1 Å². The number of carbonyl (C=O) groups excluding carboxylic acids is 1. The maximum absolute atomic E-state index is 12.4. The third kappa shape index (κ3) is 2.97. The molecule has 7 nitrogen and oxygen atoms in total. The van der Waals surface area contributed by atoms with Gasteiger partial charge in [-0.3, -0.25) is 14.9 Å². The van der Waals surface area contributed by atoms with E-state index in [1.807, 2.05) is 31.2 Å². The summed E-state index contributed by atoms with van der Waals surface area (Å²) in [5.41, 5.74) is 0.421. The molecule has 0 bridgehead atoms. The Morgan fingerprint density at radius 3 is 2.54 bits per heavy atom. The maximum atomic E-state index is 12.4. The Morgan fingerprint density at radius 2 is 1.92 bits per heavy atom. The van der Waals surface area contributed by atoms with E-state index in [1.54, 1.807) is 6.07 Å². The van der Waals surface area contributed by atoms with Crippen LogP contribution in [0.15, 0.2) is 53.7 Å². The van der Waals surface area contributed by atoms with E-state index in [0.29, 0.717) is 5.71 Å². The summed E-state index contributed by atoms with van der Waals surface area (Å²) in [6, 6.07) is 13.3. The fraction of sp³-hybridized carbons (Fsp3) is 0.263. The van der Waals surface area contributed by atoms with Gasteiger partial charge in [0.25, 0.3) is 5.69 Å². The number of ketones is 1. The minimum Gasteiger partial charge on any atom is -0.383 e. The molecule has 1 aliphatic rings. The predicted molar refractivity (Wildman–Crippen MR) is 94.9 cm³/mol. The van der Waals surface area contributed by atoms with Gasteiger partial charge in [0, 0.05) is 12.5 Å². The molecule has 2 aromatic rings. The van der Waals surface area contributed by atoms with Crippen molar-refractivity contribution in [1.82, 2.24) is 0 Å². The molecule has 0 aromatic heterocycles. The molecule has 134 valence electrons. The number of aliphatic hydroxyl groups excluding tert-OH is 1. The summed E-state index contributed by atoms with van der Waals surface area (Å²) in [6.45, 7) is 3.24. The van der Waals surface area contributed by atoms with Crippen LogP contribution in [0, 0.1) is 17.0 Å². The van der Waals surface area contributed by atoms with Gasteiger partial charge in [0.1, 0.15) is 6.10 Å². The minimum absolute atomic E-state index is 0.0213. The summed E-state index contributed by atoms with van der Waals surface area (Å²) < 4.78 is 0. The first-order chi connectivity index (χ1) is 12.3. The van der Waals surface area contributed by atoms with Gasteiger partial charge in [-0.15, -0.1) is 0 Å². The van der Waals surface area contributed by atoms with Gasteiger partial charge in [-0.25, -0.2) is 0 Å². The minimum atomic E-state index is -1.69. The van der Waals surface area contributed by atoms with Gasteiger partial charge in [-0.2, -0.15) is 0 Å². The van der Waals surface area contributed by atoms with Crippen LogP contribution in [0.25, 0.3) is 0 Å². The van der Waals surface area contributed by atoms with Gasteiger partial charge < -0.3 is 9.94 Å². The molecule has 1 heterocycles. The van der Waals surface area contributed by atoms with Crippen LogP contribution in [0.3, 0.4) is 0 Å². The van der Waals surface area contributed by atoms with Crippen molar-refractivity contribution in [3.8, 4) is 0 Å². The Hall–Kier alpha value is -3.06. The summed E-state index contributed by atoms with van der Waals surface area (Å²) in [7, 11) is 0. The summed E-state index contributed by atoms with van der Waals surface area (Å²) in [6.07, 6.45) is -1.49. The van der Waals surface area contributed by atoms with E-state index in [-0.39, 0.29) is 17.7 Å². The van der Waals surface area contributed by atoms with Gasteiger partial charge in [0.05, 0.1) is 16.2 Å². The van der Waals surface area contributed by atoms with Crippen molar-refractivity contribution in [3.05, 3.63) is 75.3 Å². The third-order valence-electron chi connectivity index (χ3n) is 4.60. The molecule has 7 heteroatoms. The Balaban J connectivity index is 1.97. The van der Waals surface area contributed by atoms with Crippen molar-refractivity contribution >= 4 is 17.2 Å². The van der Waals surface area contributed by atoms with Gasteiger partial charge in [-0.1, -0.05) is 47.1 Å². The van der Waals surface area contributed by atoms with Gasteiger partial charge in [0.2, 0.25) is 5.60 Å². The van der Waals surface area contributed by atoms with Crippen molar-refractivity contribution in [1.29, 1.82) is 0 Å². The van der Waals surface area contributed by atoms with Crippen LogP contribution in [-0.2, 0) is 9.63 Å². The maximum Gasteiger partial charge on any atom is 0.275 e. The van der Waals surface area contributed by atoms with E-state index in [2.05, 4.69) is 5.16 Å². The second-order valence-electron chi connectivity index (χ2n) is 6.34.